The average molecular weight is 480 g/mol. The van der Waals surface area contributed by atoms with Gasteiger partial charge < -0.3 is 9.88 Å². The Morgan fingerprint density at radius 1 is 1.21 bits per heavy atom. The molecule has 0 spiro atoms. The van der Waals surface area contributed by atoms with Crippen molar-refractivity contribution in [2.45, 2.75) is 18.7 Å². The molecule has 3 aromatic rings. The first-order valence-electron chi connectivity index (χ1n) is 9.05. The summed E-state index contributed by atoms with van der Waals surface area (Å²) < 4.78 is 30.8. The van der Waals surface area contributed by atoms with E-state index in [1.54, 1.807) is 50.1 Å². The molecule has 0 bridgehead atoms. The van der Waals surface area contributed by atoms with E-state index in [1.165, 1.54) is 21.1 Å². The topological polar surface area (TPSA) is 89.2 Å². The van der Waals surface area contributed by atoms with Crippen LogP contribution in [0.3, 0.4) is 0 Å². The van der Waals surface area contributed by atoms with Crippen molar-refractivity contribution in [3.63, 3.8) is 0 Å². The van der Waals surface area contributed by atoms with Crippen molar-refractivity contribution in [3.05, 3.63) is 59.1 Å². The van der Waals surface area contributed by atoms with Gasteiger partial charge in [-0.3, -0.25) is 4.79 Å². The van der Waals surface area contributed by atoms with E-state index in [0.29, 0.717) is 24.5 Å². The third-order valence-electron chi connectivity index (χ3n) is 4.51. The predicted octanol–water partition coefficient (Wildman–Crippen LogP) is 3.26. The number of hydrogen-bond acceptors (Lipinski definition) is 4. The standard InChI is InChI=1S/C19H22BrN5O3S/c1-4-24(5-2)29(27,28)15-10-18(23(3)13-15)19(26)22-16-8-6-7-9-17(16)25-12-14(20)11-21-25/h6-13H,4-5H2,1-3H3,(H,22,26). The van der Waals surface area contributed by atoms with Crippen LogP contribution in [0.1, 0.15) is 24.3 Å². The van der Waals surface area contributed by atoms with E-state index in [4.69, 9.17) is 0 Å². The minimum Gasteiger partial charge on any atom is -0.345 e. The first kappa shape index (κ1) is 21.3. The second-order valence-electron chi connectivity index (χ2n) is 6.34. The summed E-state index contributed by atoms with van der Waals surface area (Å²) in [7, 11) is -2.00. The van der Waals surface area contributed by atoms with Crippen LogP contribution in [0.4, 0.5) is 5.69 Å². The second-order valence-corrected chi connectivity index (χ2v) is 9.19. The number of benzene rings is 1. The van der Waals surface area contributed by atoms with Gasteiger partial charge in [-0.25, -0.2) is 13.1 Å². The number of aryl methyl sites for hydroxylation is 1. The number of aromatic nitrogens is 3. The number of carbonyl (C=O) groups is 1. The van der Waals surface area contributed by atoms with Gasteiger partial charge in [0.2, 0.25) is 10.0 Å². The number of rotatable bonds is 7. The molecule has 3 rings (SSSR count). The summed E-state index contributed by atoms with van der Waals surface area (Å²) in [4.78, 5) is 13.0. The van der Waals surface area contributed by atoms with E-state index in [9.17, 15) is 13.2 Å². The molecular formula is C19H22BrN5O3S. The molecule has 0 atom stereocenters. The molecule has 1 aromatic carbocycles. The van der Waals surface area contributed by atoms with Gasteiger partial charge in [0.15, 0.2) is 0 Å². The maximum Gasteiger partial charge on any atom is 0.272 e. The second kappa shape index (κ2) is 8.52. The molecule has 1 N–H and O–H groups in total. The van der Waals surface area contributed by atoms with E-state index in [0.717, 1.165) is 4.47 Å². The van der Waals surface area contributed by atoms with Gasteiger partial charge in [0.25, 0.3) is 5.91 Å². The van der Waals surface area contributed by atoms with Gasteiger partial charge in [0.1, 0.15) is 10.6 Å². The Bertz CT molecular complexity index is 1130. The zero-order chi connectivity index (χ0) is 21.2. The summed E-state index contributed by atoms with van der Waals surface area (Å²) >= 11 is 3.36. The van der Waals surface area contributed by atoms with Crippen molar-refractivity contribution in [2.24, 2.45) is 7.05 Å². The summed E-state index contributed by atoms with van der Waals surface area (Å²) in [6, 6.07) is 8.64. The highest BCUT2D eigenvalue weighted by Crippen LogP contribution is 2.23. The van der Waals surface area contributed by atoms with Crippen LogP contribution in [0.5, 0.6) is 0 Å². The third kappa shape index (κ3) is 4.29. The van der Waals surface area contributed by atoms with Crippen molar-refractivity contribution < 1.29 is 13.2 Å². The van der Waals surface area contributed by atoms with Crippen molar-refractivity contribution in [2.75, 3.05) is 18.4 Å². The molecule has 2 aromatic heterocycles. The molecule has 0 saturated heterocycles. The maximum atomic E-state index is 12.9. The number of amides is 1. The third-order valence-corrected chi connectivity index (χ3v) is 6.93. The van der Waals surface area contributed by atoms with Crippen molar-refractivity contribution in [1.82, 2.24) is 18.7 Å². The minimum atomic E-state index is -3.64. The molecular weight excluding hydrogens is 458 g/mol. The fourth-order valence-corrected chi connectivity index (χ4v) is 4.83. The van der Waals surface area contributed by atoms with Gasteiger partial charge in [0, 0.05) is 32.5 Å². The van der Waals surface area contributed by atoms with Crippen LogP contribution in [-0.2, 0) is 17.1 Å². The van der Waals surface area contributed by atoms with Crippen LogP contribution in [0.2, 0.25) is 0 Å². The van der Waals surface area contributed by atoms with Crippen LogP contribution < -0.4 is 5.32 Å². The van der Waals surface area contributed by atoms with Crippen molar-refractivity contribution in [3.8, 4) is 5.69 Å². The number of halogens is 1. The smallest absolute Gasteiger partial charge is 0.272 e. The van der Waals surface area contributed by atoms with E-state index in [-0.39, 0.29) is 10.6 Å². The molecule has 0 radical (unpaired) electrons. The van der Waals surface area contributed by atoms with E-state index in [2.05, 4.69) is 26.3 Å². The molecule has 29 heavy (non-hydrogen) atoms. The average Bonchev–Trinajstić information content (AvgIpc) is 3.29. The largest absolute Gasteiger partial charge is 0.345 e. The number of nitrogens with one attached hydrogen (secondary N) is 1. The zero-order valence-corrected chi connectivity index (χ0v) is 18.7. The van der Waals surface area contributed by atoms with Crippen LogP contribution in [-0.4, -0.2) is 46.1 Å². The Kier molecular flexibility index (Phi) is 6.25. The number of sulfonamides is 1. The minimum absolute atomic E-state index is 0.0955. The molecule has 2 heterocycles. The van der Waals surface area contributed by atoms with Crippen LogP contribution >= 0.6 is 15.9 Å². The lowest BCUT2D eigenvalue weighted by Gasteiger charge is -2.17. The maximum absolute atomic E-state index is 12.9. The highest BCUT2D eigenvalue weighted by atomic mass is 79.9. The Hall–Kier alpha value is -2.43. The Labute approximate surface area is 178 Å². The molecule has 0 unspecified atom stereocenters. The molecule has 0 fully saturated rings. The number of hydrogen-bond donors (Lipinski definition) is 1. The molecule has 10 heteroatoms. The van der Waals surface area contributed by atoms with Crippen molar-refractivity contribution >= 4 is 37.5 Å². The van der Waals surface area contributed by atoms with E-state index in [1.807, 2.05) is 12.1 Å². The number of nitrogens with zero attached hydrogens (tertiary/aromatic N) is 4. The first-order valence-corrected chi connectivity index (χ1v) is 11.3. The Morgan fingerprint density at radius 3 is 2.52 bits per heavy atom. The van der Waals surface area contributed by atoms with Gasteiger partial charge in [-0.15, -0.1) is 0 Å². The fourth-order valence-electron chi connectivity index (χ4n) is 3.01. The molecule has 1 amide bonds. The number of carbonyl (C=O) groups excluding carboxylic acids is 1. The summed E-state index contributed by atoms with van der Waals surface area (Å²) in [5.41, 5.74) is 1.49. The fraction of sp³-hybridized carbons (Fsp3) is 0.263. The van der Waals surface area contributed by atoms with Gasteiger partial charge in [-0.2, -0.15) is 9.40 Å². The lowest BCUT2D eigenvalue weighted by atomic mass is 10.2. The van der Waals surface area contributed by atoms with Crippen LogP contribution in [0, 0.1) is 0 Å². The van der Waals surface area contributed by atoms with Crippen LogP contribution in [0.15, 0.2) is 58.3 Å². The van der Waals surface area contributed by atoms with Crippen molar-refractivity contribution in [1.29, 1.82) is 0 Å². The summed E-state index contributed by atoms with van der Waals surface area (Å²) in [6.07, 6.45) is 4.89. The highest BCUT2D eigenvalue weighted by molar-refractivity contribution is 9.10. The Balaban J connectivity index is 1.91. The SMILES string of the molecule is CCN(CC)S(=O)(=O)c1cc(C(=O)Nc2ccccc2-n2cc(Br)cn2)n(C)c1. The van der Waals surface area contributed by atoms with Gasteiger partial charge in [0.05, 0.1) is 22.0 Å². The first-order chi connectivity index (χ1) is 13.8. The quantitative estimate of drug-likeness (QED) is 0.562. The molecule has 154 valence electrons. The van der Waals surface area contributed by atoms with Gasteiger partial charge in [-0.1, -0.05) is 26.0 Å². The molecule has 0 saturated carbocycles. The number of para-hydroxylation sites is 2. The Morgan fingerprint density at radius 2 is 1.90 bits per heavy atom. The molecule has 0 aliphatic carbocycles. The number of anilines is 1. The zero-order valence-electron chi connectivity index (χ0n) is 16.3. The molecule has 8 nitrogen and oxygen atoms in total. The summed E-state index contributed by atoms with van der Waals surface area (Å²) in [6.45, 7) is 4.29. The van der Waals surface area contributed by atoms with E-state index < -0.39 is 15.9 Å². The van der Waals surface area contributed by atoms with E-state index >= 15 is 0 Å². The monoisotopic (exact) mass is 479 g/mol. The van der Waals surface area contributed by atoms with Gasteiger partial charge in [-0.05, 0) is 34.1 Å². The lowest BCUT2D eigenvalue weighted by Crippen LogP contribution is -2.30. The van der Waals surface area contributed by atoms with Gasteiger partial charge >= 0.3 is 0 Å². The molecule has 0 aliphatic rings. The predicted molar refractivity (Wildman–Crippen MR) is 115 cm³/mol. The normalized spacial score (nSPS) is 11.8. The van der Waals surface area contributed by atoms with Crippen LogP contribution in [0.25, 0.3) is 5.69 Å². The molecule has 0 aliphatic heterocycles. The summed E-state index contributed by atoms with van der Waals surface area (Å²) in [5.74, 6) is -0.410. The lowest BCUT2D eigenvalue weighted by molar-refractivity contribution is 0.101. The summed E-state index contributed by atoms with van der Waals surface area (Å²) in [5, 5.41) is 7.10. The highest BCUT2D eigenvalue weighted by Gasteiger charge is 2.25.